The number of carbonyl (C=O) groups is 1. The van der Waals surface area contributed by atoms with Crippen LogP contribution in [0.25, 0.3) is 0 Å². The third kappa shape index (κ3) is 3.69. The summed E-state index contributed by atoms with van der Waals surface area (Å²) in [4.78, 5) is 11.5. The van der Waals surface area contributed by atoms with Gasteiger partial charge in [-0.05, 0) is 47.0 Å². The van der Waals surface area contributed by atoms with Crippen LogP contribution in [0.4, 0.5) is 0 Å². The van der Waals surface area contributed by atoms with Crippen LogP contribution < -0.4 is 10.4 Å². The molecule has 0 aliphatic carbocycles. The number of hydrogen-bond donors (Lipinski definition) is 3. The Hall–Kier alpha value is -0.610. The molecule has 1 fully saturated rings. The second-order valence-electron chi connectivity index (χ2n) is 6.88. The fraction of sp³-hybridized carbons (Fsp3) is 0.929. The van der Waals surface area contributed by atoms with E-state index in [1.807, 2.05) is 6.92 Å². The smallest absolute Gasteiger partial charge is 0.219 e. The number of quaternary nitrogens is 1. The van der Waals surface area contributed by atoms with E-state index in [2.05, 4.69) is 33.0 Å². The van der Waals surface area contributed by atoms with Crippen LogP contribution in [-0.2, 0) is 4.79 Å². The molecule has 1 rings (SSSR count). The number of hydroxylamine groups is 2. The number of nitrogens with one attached hydrogen (secondary N) is 2. The van der Waals surface area contributed by atoms with Crippen LogP contribution in [0.15, 0.2) is 0 Å². The van der Waals surface area contributed by atoms with E-state index >= 15 is 0 Å². The van der Waals surface area contributed by atoms with Gasteiger partial charge in [-0.1, -0.05) is 0 Å². The Morgan fingerprint density at radius 3 is 2.22 bits per heavy atom. The average Bonchev–Trinajstić information content (AvgIpc) is 2.23. The van der Waals surface area contributed by atoms with Crippen molar-refractivity contribution in [2.24, 2.45) is 5.92 Å². The molecule has 3 N–H and O–H groups in total. The maximum absolute atomic E-state index is 11.5. The van der Waals surface area contributed by atoms with E-state index in [0.717, 1.165) is 19.3 Å². The van der Waals surface area contributed by atoms with Gasteiger partial charge in [-0.25, -0.2) is 5.21 Å². The highest BCUT2D eigenvalue weighted by Crippen LogP contribution is 2.31. The van der Waals surface area contributed by atoms with Gasteiger partial charge < -0.3 is 5.32 Å². The van der Waals surface area contributed by atoms with Gasteiger partial charge in [0.05, 0.1) is 0 Å². The average molecular weight is 257 g/mol. The Morgan fingerprint density at radius 1 is 1.28 bits per heavy atom. The van der Waals surface area contributed by atoms with Gasteiger partial charge in [-0.3, -0.25) is 4.79 Å². The molecule has 0 spiro atoms. The molecule has 1 heterocycles. The zero-order valence-electron chi connectivity index (χ0n) is 12.5. The van der Waals surface area contributed by atoms with E-state index in [4.69, 9.17) is 0 Å². The quantitative estimate of drug-likeness (QED) is 0.707. The largest absolute Gasteiger partial charge is 0.356 e. The summed E-state index contributed by atoms with van der Waals surface area (Å²) in [5.41, 5.74) is -0.263. The van der Waals surface area contributed by atoms with Crippen LogP contribution in [0.5, 0.6) is 0 Å². The minimum absolute atomic E-state index is 0.131. The zero-order valence-corrected chi connectivity index (χ0v) is 12.5. The van der Waals surface area contributed by atoms with Gasteiger partial charge in [0.25, 0.3) is 0 Å². The third-order valence-electron chi connectivity index (χ3n) is 4.03. The third-order valence-corrected chi connectivity index (χ3v) is 4.03. The van der Waals surface area contributed by atoms with E-state index in [0.29, 0.717) is 23.9 Å². The Morgan fingerprint density at radius 2 is 1.78 bits per heavy atom. The summed E-state index contributed by atoms with van der Waals surface area (Å²) in [7, 11) is 0. The molecule has 0 radical (unpaired) electrons. The number of rotatable bonds is 4. The molecule has 1 saturated heterocycles. The van der Waals surface area contributed by atoms with Gasteiger partial charge in [-0.2, -0.15) is 5.06 Å². The zero-order chi connectivity index (χ0) is 14.0. The molecule has 18 heavy (non-hydrogen) atoms. The first kappa shape index (κ1) is 15.4. The fourth-order valence-corrected chi connectivity index (χ4v) is 3.45. The first-order valence-electron chi connectivity index (χ1n) is 7.02. The van der Waals surface area contributed by atoms with Gasteiger partial charge in [0, 0.05) is 25.8 Å². The molecule has 1 aliphatic heterocycles. The molecule has 0 aromatic heterocycles. The lowest BCUT2D eigenvalue weighted by molar-refractivity contribution is -1.16. The first-order chi connectivity index (χ1) is 8.19. The van der Waals surface area contributed by atoms with Crippen molar-refractivity contribution >= 4 is 5.91 Å². The molecule has 4 heteroatoms. The van der Waals surface area contributed by atoms with E-state index < -0.39 is 0 Å². The maximum atomic E-state index is 11.5. The molecule has 0 unspecified atom stereocenters. The van der Waals surface area contributed by atoms with E-state index in [-0.39, 0.29) is 17.0 Å². The number of carbonyl (C=O) groups excluding carboxylic acids is 1. The van der Waals surface area contributed by atoms with Gasteiger partial charge in [0.15, 0.2) is 0 Å². The first-order valence-corrected chi connectivity index (χ1v) is 7.02. The molecule has 0 aromatic carbocycles. The van der Waals surface area contributed by atoms with Crippen LogP contribution >= 0.6 is 0 Å². The Labute approximate surface area is 111 Å². The molecule has 1 amide bonds. The summed E-state index contributed by atoms with van der Waals surface area (Å²) in [6.07, 6.45) is 3.47. The molecule has 4 nitrogen and oxygen atoms in total. The van der Waals surface area contributed by atoms with Crippen LogP contribution in [0, 0.1) is 5.92 Å². The fourth-order valence-electron chi connectivity index (χ4n) is 3.45. The Bertz CT molecular complexity index is 282. The lowest BCUT2D eigenvalue weighted by Crippen LogP contribution is -3.25. The van der Waals surface area contributed by atoms with Crippen molar-refractivity contribution in [3.8, 4) is 0 Å². The van der Waals surface area contributed by atoms with Crippen molar-refractivity contribution in [2.75, 3.05) is 6.54 Å². The van der Waals surface area contributed by atoms with Crippen LogP contribution in [0.1, 0.15) is 60.3 Å². The highest BCUT2D eigenvalue weighted by atomic mass is 16.5. The van der Waals surface area contributed by atoms with Crippen LogP contribution in [-0.4, -0.2) is 28.7 Å². The standard InChI is InChI=1S/C14H28N2O2/c1-6-15-12(17)8-7-11-9-13(2,3)16(18)14(4,5)10-11/h11,18H,6-10H2,1-5H3,(H,15,17)/p+1. The van der Waals surface area contributed by atoms with Crippen molar-refractivity contribution < 1.29 is 15.1 Å². The monoisotopic (exact) mass is 257 g/mol. The molecule has 106 valence electrons. The minimum Gasteiger partial charge on any atom is -0.356 e. The molecule has 0 atom stereocenters. The number of piperidine rings is 1. The van der Waals surface area contributed by atoms with Crippen molar-refractivity contribution in [3.05, 3.63) is 0 Å². The van der Waals surface area contributed by atoms with E-state index in [1.165, 1.54) is 0 Å². The van der Waals surface area contributed by atoms with Gasteiger partial charge >= 0.3 is 0 Å². The topological polar surface area (TPSA) is 53.8 Å². The molecular weight excluding hydrogens is 228 g/mol. The van der Waals surface area contributed by atoms with Crippen molar-refractivity contribution in [2.45, 2.75) is 71.4 Å². The van der Waals surface area contributed by atoms with Gasteiger partial charge in [-0.15, -0.1) is 0 Å². The summed E-state index contributed by atoms with van der Waals surface area (Å²) in [6.45, 7) is 11.0. The van der Waals surface area contributed by atoms with Gasteiger partial charge in [0.2, 0.25) is 5.91 Å². The van der Waals surface area contributed by atoms with Crippen molar-refractivity contribution in [3.63, 3.8) is 0 Å². The predicted octanol–water partition coefficient (Wildman–Crippen LogP) is 1.14. The van der Waals surface area contributed by atoms with Crippen LogP contribution in [0.3, 0.4) is 0 Å². The lowest BCUT2D eigenvalue weighted by Gasteiger charge is -2.47. The highest BCUT2D eigenvalue weighted by molar-refractivity contribution is 5.75. The van der Waals surface area contributed by atoms with E-state index in [1.54, 1.807) is 0 Å². The van der Waals surface area contributed by atoms with Gasteiger partial charge in [0.1, 0.15) is 11.1 Å². The second kappa shape index (κ2) is 5.57. The normalized spacial score (nSPS) is 29.9. The van der Waals surface area contributed by atoms with Crippen molar-refractivity contribution in [1.29, 1.82) is 0 Å². The number of hydrogen-bond acceptors (Lipinski definition) is 2. The summed E-state index contributed by atoms with van der Waals surface area (Å²) in [5, 5.41) is 13.7. The van der Waals surface area contributed by atoms with Crippen LogP contribution in [0.2, 0.25) is 0 Å². The SMILES string of the molecule is CCNC(=O)CCC1CC(C)(C)[NH+](O)C(C)(C)C1. The second-order valence-corrected chi connectivity index (χ2v) is 6.88. The number of amides is 1. The molecule has 1 aliphatic rings. The van der Waals surface area contributed by atoms with Crippen molar-refractivity contribution in [1.82, 2.24) is 5.32 Å². The highest BCUT2D eigenvalue weighted by Gasteiger charge is 2.49. The summed E-state index contributed by atoms with van der Waals surface area (Å²) < 4.78 is 0. The summed E-state index contributed by atoms with van der Waals surface area (Å²) in [5.74, 6) is 0.667. The Balaban J connectivity index is 2.56. The predicted molar refractivity (Wildman–Crippen MR) is 71.5 cm³/mol. The molecule has 0 aromatic rings. The Kier molecular flexibility index (Phi) is 4.78. The molecular formula is C14H29N2O2+. The summed E-state index contributed by atoms with van der Waals surface area (Å²) >= 11 is 0. The molecule has 0 bridgehead atoms. The maximum Gasteiger partial charge on any atom is 0.219 e. The van der Waals surface area contributed by atoms with E-state index in [9.17, 15) is 10.0 Å². The lowest BCUT2D eigenvalue weighted by atomic mass is 9.74. The molecule has 0 saturated carbocycles. The minimum atomic E-state index is -0.131. The summed E-state index contributed by atoms with van der Waals surface area (Å²) in [6, 6.07) is 0.